The van der Waals surface area contributed by atoms with Crippen LogP contribution >= 0.6 is 22.7 Å². The lowest BCUT2D eigenvalue weighted by molar-refractivity contribution is 1.28. The molecule has 10 rings (SSSR count). The van der Waals surface area contributed by atoms with Crippen LogP contribution in [0.15, 0.2) is 176 Å². The molecule has 256 valence electrons. The van der Waals surface area contributed by atoms with Gasteiger partial charge in [0.15, 0.2) is 0 Å². The molecule has 0 aliphatic heterocycles. The molecule has 0 N–H and O–H groups in total. The third-order valence-corrected chi connectivity index (χ3v) is 12.8. The van der Waals surface area contributed by atoms with E-state index in [1.807, 2.05) is 28.7 Å². The van der Waals surface area contributed by atoms with Crippen LogP contribution in [-0.2, 0) is 0 Å². The normalized spacial score (nSPS) is 11.2. The van der Waals surface area contributed by atoms with Crippen molar-refractivity contribution in [2.75, 3.05) is 4.90 Å². The van der Waals surface area contributed by atoms with E-state index in [2.05, 4.69) is 175 Å². The summed E-state index contributed by atoms with van der Waals surface area (Å²) in [6, 6.07) is 66.3. The maximum absolute atomic E-state index is 9.64. The van der Waals surface area contributed by atoms with E-state index in [4.69, 9.17) is 0 Å². The fraction of sp³-hybridized carbons (Fsp3) is 0. The topological polar surface area (TPSA) is 50.8 Å². The molecule has 0 fully saturated rings. The number of hydrogen-bond acceptors (Lipinski definition) is 5. The average molecular weight is 736 g/mol. The second-order valence-electron chi connectivity index (χ2n) is 13.5. The van der Waals surface area contributed by atoms with Gasteiger partial charge in [-0.05, 0) is 94.0 Å². The second-order valence-corrected chi connectivity index (χ2v) is 15.6. The predicted molar refractivity (Wildman–Crippen MR) is 233 cm³/mol. The van der Waals surface area contributed by atoms with Gasteiger partial charge in [-0.15, -0.1) is 22.7 Å². The number of benzene rings is 8. The summed E-state index contributed by atoms with van der Waals surface area (Å²) in [5.74, 6) is 0. The second kappa shape index (κ2) is 13.4. The molecule has 0 amide bonds. The molecule has 8 aromatic carbocycles. The molecule has 2 aromatic heterocycles. The number of thiophene rings is 2. The molecule has 0 saturated heterocycles. The molecule has 10 aromatic rings. The van der Waals surface area contributed by atoms with E-state index >= 15 is 0 Å². The van der Waals surface area contributed by atoms with Gasteiger partial charge in [-0.25, -0.2) is 0 Å². The zero-order chi connectivity index (χ0) is 36.9. The van der Waals surface area contributed by atoms with Crippen LogP contribution in [0.2, 0.25) is 0 Å². The highest BCUT2D eigenvalue weighted by Gasteiger charge is 2.17. The van der Waals surface area contributed by atoms with Gasteiger partial charge < -0.3 is 4.90 Å². The summed E-state index contributed by atoms with van der Waals surface area (Å²) in [6.45, 7) is 0. The number of nitriles is 2. The molecule has 2 heterocycles. The lowest BCUT2D eigenvalue weighted by atomic mass is 9.99. The minimum absolute atomic E-state index is 0.378. The molecule has 0 aliphatic carbocycles. The maximum Gasteiger partial charge on any atom is 0.101 e. The summed E-state index contributed by atoms with van der Waals surface area (Å²) < 4.78 is 5.20. The third-order valence-electron chi connectivity index (χ3n) is 10.4. The van der Waals surface area contributed by atoms with Gasteiger partial charge in [0.1, 0.15) is 12.1 Å². The first-order valence-corrected chi connectivity index (χ1v) is 19.7. The molecule has 5 heteroatoms. The van der Waals surface area contributed by atoms with Crippen LogP contribution in [0.5, 0.6) is 0 Å². The van der Waals surface area contributed by atoms with Gasteiger partial charge in [-0.1, -0.05) is 115 Å². The first-order chi connectivity index (χ1) is 27.2. The minimum atomic E-state index is 0.378. The average Bonchev–Trinajstić information content (AvgIpc) is 3.83. The molecular formula is C50H29N3S2. The van der Waals surface area contributed by atoms with Gasteiger partial charge >= 0.3 is 0 Å². The van der Waals surface area contributed by atoms with Gasteiger partial charge in [0, 0.05) is 57.4 Å². The van der Waals surface area contributed by atoms with Crippen LogP contribution in [0.4, 0.5) is 17.1 Å². The lowest BCUT2D eigenvalue weighted by Gasteiger charge is -2.26. The highest BCUT2D eigenvalue weighted by molar-refractivity contribution is 7.26. The van der Waals surface area contributed by atoms with Crippen LogP contribution in [0.1, 0.15) is 11.1 Å². The number of nitrogens with zero attached hydrogens (tertiary/aromatic N) is 3. The Balaban J connectivity index is 1.06. The first kappa shape index (κ1) is 32.6. The Hall–Kier alpha value is -7.02. The van der Waals surface area contributed by atoms with Gasteiger partial charge in [0.25, 0.3) is 0 Å². The van der Waals surface area contributed by atoms with Crippen molar-refractivity contribution < 1.29 is 0 Å². The zero-order valence-corrected chi connectivity index (χ0v) is 31.0. The fourth-order valence-electron chi connectivity index (χ4n) is 7.69. The highest BCUT2D eigenvalue weighted by atomic mass is 32.1. The number of fused-ring (bicyclic) bond motifs is 6. The van der Waals surface area contributed by atoms with Crippen molar-refractivity contribution in [3.63, 3.8) is 0 Å². The van der Waals surface area contributed by atoms with Crippen molar-refractivity contribution in [1.82, 2.24) is 0 Å². The maximum atomic E-state index is 9.64. The quantitative estimate of drug-likeness (QED) is 0.171. The highest BCUT2D eigenvalue weighted by Crippen LogP contribution is 2.43. The van der Waals surface area contributed by atoms with Gasteiger partial charge in [0.2, 0.25) is 0 Å². The molecule has 0 atom stereocenters. The Morgan fingerprint density at radius 2 is 0.782 bits per heavy atom. The van der Waals surface area contributed by atoms with E-state index in [0.717, 1.165) is 28.2 Å². The molecule has 0 saturated carbocycles. The fourth-order valence-corrected chi connectivity index (χ4v) is 10.2. The monoisotopic (exact) mass is 735 g/mol. The van der Waals surface area contributed by atoms with Crippen LogP contribution in [0.3, 0.4) is 0 Å². The largest absolute Gasteiger partial charge is 0.311 e. The Bertz CT molecular complexity index is 3000. The summed E-state index contributed by atoms with van der Waals surface area (Å²) in [4.78, 5) is 2.29. The van der Waals surface area contributed by atoms with Gasteiger partial charge in [-0.3, -0.25) is 0 Å². The summed E-state index contributed by atoms with van der Waals surface area (Å²) in [7, 11) is 0. The molecule has 55 heavy (non-hydrogen) atoms. The van der Waals surface area contributed by atoms with Crippen molar-refractivity contribution in [2.24, 2.45) is 0 Å². The molecule has 0 unspecified atom stereocenters. The Morgan fingerprint density at radius 1 is 0.364 bits per heavy atom. The van der Waals surface area contributed by atoms with Crippen molar-refractivity contribution in [1.29, 1.82) is 10.5 Å². The number of hydrogen-bond donors (Lipinski definition) is 0. The van der Waals surface area contributed by atoms with E-state index in [9.17, 15) is 10.5 Å². The molecule has 3 nitrogen and oxygen atoms in total. The van der Waals surface area contributed by atoms with Crippen molar-refractivity contribution in [2.45, 2.75) is 0 Å². The molecule has 0 aliphatic rings. The SMILES string of the molecule is N#Cc1ccc(-c2ccc(N(c3ccc(-c4cccc5c4sc4ccccc45)cc3)c3ccc(-c4cccc5c4sc4ccccc45)cc3)cc2)cc1C#N. The predicted octanol–water partition coefficient (Wildman–Crippen LogP) is 14.6. The van der Waals surface area contributed by atoms with Crippen LogP contribution in [0, 0.1) is 22.7 Å². The van der Waals surface area contributed by atoms with Crippen molar-refractivity contribution in [3.8, 4) is 45.5 Å². The van der Waals surface area contributed by atoms with E-state index in [1.54, 1.807) is 12.1 Å². The Morgan fingerprint density at radius 3 is 1.25 bits per heavy atom. The molecule has 0 spiro atoms. The van der Waals surface area contributed by atoms with Crippen LogP contribution in [-0.4, -0.2) is 0 Å². The van der Waals surface area contributed by atoms with E-state index in [1.165, 1.54) is 62.6 Å². The van der Waals surface area contributed by atoms with Gasteiger partial charge in [0.05, 0.1) is 11.1 Å². The van der Waals surface area contributed by atoms with Crippen LogP contribution < -0.4 is 4.90 Å². The molecular weight excluding hydrogens is 707 g/mol. The lowest BCUT2D eigenvalue weighted by Crippen LogP contribution is -2.09. The number of anilines is 3. The third kappa shape index (κ3) is 5.63. The summed E-state index contributed by atoms with van der Waals surface area (Å²) in [6.07, 6.45) is 0. The Labute approximate surface area is 326 Å². The first-order valence-electron chi connectivity index (χ1n) is 18.0. The van der Waals surface area contributed by atoms with Gasteiger partial charge in [-0.2, -0.15) is 10.5 Å². The molecule has 0 bridgehead atoms. The molecule has 0 radical (unpaired) electrons. The number of rotatable bonds is 6. The van der Waals surface area contributed by atoms with Crippen molar-refractivity contribution >= 4 is 80.1 Å². The Kier molecular flexibility index (Phi) is 7.97. The standard InChI is InChI=1S/C50H29N3S2/c51-30-36-16-15-35(29-37(36)31-52)32-17-23-38(24-18-32)53(39-25-19-33(20-26-39)41-9-5-11-45-43-7-1-3-13-47(43)54-49(41)45)40-27-21-34(22-28-40)42-10-6-12-46-44-8-2-4-14-48(44)55-50(42)46/h1-29H. The summed E-state index contributed by atoms with van der Waals surface area (Å²) >= 11 is 3.70. The zero-order valence-electron chi connectivity index (χ0n) is 29.4. The smallest absolute Gasteiger partial charge is 0.101 e. The minimum Gasteiger partial charge on any atom is -0.311 e. The summed E-state index contributed by atoms with van der Waals surface area (Å²) in [5, 5.41) is 24.3. The van der Waals surface area contributed by atoms with E-state index in [0.29, 0.717) is 11.1 Å². The van der Waals surface area contributed by atoms with Crippen LogP contribution in [0.25, 0.3) is 73.7 Å². The van der Waals surface area contributed by atoms with E-state index < -0.39 is 0 Å². The summed E-state index contributed by atoms with van der Waals surface area (Å²) in [5.41, 5.74) is 10.6. The van der Waals surface area contributed by atoms with Crippen molar-refractivity contribution in [3.05, 3.63) is 187 Å². The van der Waals surface area contributed by atoms with E-state index in [-0.39, 0.29) is 0 Å².